The zero-order chi connectivity index (χ0) is 17.1. The highest BCUT2D eigenvalue weighted by atomic mass is 16.5. The smallest absolute Gasteiger partial charge is 0.245 e. The maximum absolute atomic E-state index is 12.3. The Labute approximate surface area is 138 Å². The molecule has 3 aromatic rings. The van der Waals surface area contributed by atoms with Crippen molar-refractivity contribution in [3.05, 3.63) is 36.1 Å². The van der Waals surface area contributed by atoms with E-state index in [-0.39, 0.29) is 12.5 Å². The van der Waals surface area contributed by atoms with Gasteiger partial charge in [0.2, 0.25) is 11.9 Å². The van der Waals surface area contributed by atoms with Crippen molar-refractivity contribution in [2.45, 2.75) is 26.5 Å². The summed E-state index contributed by atoms with van der Waals surface area (Å²) in [7, 11) is 0. The minimum Gasteiger partial charge on any atom is -0.392 e. The van der Waals surface area contributed by atoms with E-state index in [0.29, 0.717) is 24.1 Å². The summed E-state index contributed by atoms with van der Waals surface area (Å²) < 4.78 is 6.70. The van der Waals surface area contributed by atoms with Gasteiger partial charge in [0.05, 0.1) is 17.1 Å². The van der Waals surface area contributed by atoms with Gasteiger partial charge in [-0.1, -0.05) is 17.3 Å². The molecule has 24 heavy (non-hydrogen) atoms. The van der Waals surface area contributed by atoms with Crippen LogP contribution in [-0.2, 0) is 11.3 Å². The van der Waals surface area contributed by atoms with Gasteiger partial charge in [-0.3, -0.25) is 4.79 Å². The zero-order valence-electron chi connectivity index (χ0n) is 13.5. The number of nitrogens with one attached hydrogen (secondary N) is 2. The second kappa shape index (κ2) is 6.71. The molecule has 8 nitrogen and oxygen atoms in total. The summed E-state index contributed by atoms with van der Waals surface area (Å²) in [5, 5.41) is 19.0. The summed E-state index contributed by atoms with van der Waals surface area (Å²) in [5.41, 5.74) is 1.60. The quantitative estimate of drug-likeness (QED) is 0.636. The predicted octanol–water partition coefficient (Wildman–Crippen LogP) is 1.76. The molecule has 0 aliphatic heterocycles. The molecule has 8 heteroatoms. The summed E-state index contributed by atoms with van der Waals surface area (Å²) in [6, 6.07) is 9.19. The van der Waals surface area contributed by atoms with Crippen LogP contribution >= 0.6 is 0 Å². The van der Waals surface area contributed by atoms with Crippen molar-refractivity contribution >= 4 is 28.7 Å². The lowest BCUT2D eigenvalue weighted by molar-refractivity contribution is -0.116. The number of para-hydroxylation sites is 2. The van der Waals surface area contributed by atoms with Gasteiger partial charge in [-0.15, -0.1) is 0 Å². The number of amides is 1. The third-order valence-electron chi connectivity index (χ3n) is 3.41. The average Bonchev–Trinajstić information content (AvgIpc) is 3.09. The normalized spacial score (nSPS) is 12.3. The maximum atomic E-state index is 12.3. The van der Waals surface area contributed by atoms with Gasteiger partial charge in [0.15, 0.2) is 5.82 Å². The fraction of sp³-hybridized carbons (Fsp3) is 0.312. The molecule has 126 valence electrons. The van der Waals surface area contributed by atoms with E-state index >= 15 is 0 Å². The SMILES string of the molecule is Cc1cc(NC(=O)Cn2c(NCC(C)O)nc3ccccc32)no1. The van der Waals surface area contributed by atoms with Gasteiger partial charge >= 0.3 is 0 Å². The number of aryl methyl sites for hydroxylation is 1. The van der Waals surface area contributed by atoms with E-state index in [1.165, 1.54) is 0 Å². The Morgan fingerprint density at radius 2 is 2.21 bits per heavy atom. The van der Waals surface area contributed by atoms with Crippen molar-refractivity contribution in [2.75, 3.05) is 17.2 Å². The number of hydrogen-bond donors (Lipinski definition) is 3. The number of nitrogens with zero attached hydrogens (tertiary/aromatic N) is 3. The Hall–Kier alpha value is -2.87. The maximum Gasteiger partial charge on any atom is 0.245 e. The van der Waals surface area contributed by atoms with Crippen LogP contribution in [0.4, 0.5) is 11.8 Å². The van der Waals surface area contributed by atoms with Crippen molar-refractivity contribution in [3.63, 3.8) is 0 Å². The summed E-state index contributed by atoms with van der Waals surface area (Å²) >= 11 is 0. The minimum absolute atomic E-state index is 0.0641. The number of anilines is 2. The fourth-order valence-corrected chi connectivity index (χ4v) is 2.36. The van der Waals surface area contributed by atoms with Gasteiger partial charge < -0.3 is 24.8 Å². The molecule has 0 fully saturated rings. The first-order valence-corrected chi connectivity index (χ1v) is 7.63. The van der Waals surface area contributed by atoms with Crippen LogP contribution in [0.15, 0.2) is 34.9 Å². The third kappa shape index (κ3) is 3.54. The van der Waals surface area contributed by atoms with Crippen molar-refractivity contribution in [3.8, 4) is 0 Å². The number of aromatic nitrogens is 3. The van der Waals surface area contributed by atoms with E-state index in [1.807, 2.05) is 24.3 Å². The molecule has 3 rings (SSSR count). The highest BCUT2D eigenvalue weighted by Gasteiger charge is 2.15. The number of benzene rings is 1. The van der Waals surface area contributed by atoms with Crippen LogP contribution in [0.3, 0.4) is 0 Å². The molecule has 1 aromatic carbocycles. The fourth-order valence-electron chi connectivity index (χ4n) is 2.36. The topological polar surface area (TPSA) is 105 Å². The molecule has 0 spiro atoms. The molecule has 0 aliphatic carbocycles. The Bertz CT molecular complexity index is 852. The van der Waals surface area contributed by atoms with E-state index in [0.717, 1.165) is 11.0 Å². The van der Waals surface area contributed by atoms with Gasteiger partial charge in [0, 0.05) is 12.6 Å². The molecule has 1 amide bonds. The Morgan fingerprint density at radius 1 is 1.42 bits per heavy atom. The molecule has 3 N–H and O–H groups in total. The summed E-state index contributed by atoms with van der Waals surface area (Å²) in [6.07, 6.45) is -0.523. The second-order valence-electron chi connectivity index (χ2n) is 5.61. The number of aliphatic hydroxyl groups is 1. The molecule has 0 saturated heterocycles. The number of carbonyl (C=O) groups excluding carboxylic acids is 1. The van der Waals surface area contributed by atoms with Gasteiger partial charge in [0.25, 0.3) is 0 Å². The van der Waals surface area contributed by atoms with Gasteiger partial charge in [-0.05, 0) is 26.0 Å². The van der Waals surface area contributed by atoms with Crippen LogP contribution in [0, 0.1) is 6.92 Å². The monoisotopic (exact) mass is 329 g/mol. The van der Waals surface area contributed by atoms with E-state index in [9.17, 15) is 9.90 Å². The molecule has 1 unspecified atom stereocenters. The van der Waals surface area contributed by atoms with Gasteiger partial charge in [-0.25, -0.2) is 4.98 Å². The molecule has 0 bridgehead atoms. The number of rotatable bonds is 6. The van der Waals surface area contributed by atoms with Crippen LogP contribution in [-0.4, -0.2) is 38.4 Å². The van der Waals surface area contributed by atoms with E-state index in [4.69, 9.17) is 4.52 Å². The molecule has 0 aliphatic rings. The number of imidazole rings is 1. The highest BCUT2D eigenvalue weighted by molar-refractivity contribution is 5.91. The van der Waals surface area contributed by atoms with E-state index in [2.05, 4.69) is 20.8 Å². The number of hydrogen-bond acceptors (Lipinski definition) is 6. The zero-order valence-corrected chi connectivity index (χ0v) is 13.5. The largest absolute Gasteiger partial charge is 0.392 e. The molecular weight excluding hydrogens is 310 g/mol. The first-order valence-electron chi connectivity index (χ1n) is 7.63. The van der Waals surface area contributed by atoms with Crippen LogP contribution in [0.1, 0.15) is 12.7 Å². The lowest BCUT2D eigenvalue weighted by Gasteiger charge is -2.11. The van der Waals surface area contributed by atoms with Crippen LogP contribution in [0.5, 0.6) is 0 Å². The highest BCUT2D eigenvalue weighted by Crippen LogP contribution is 2.20. The Kier molecular flexibility index (Phi) is 4.48. The second-order valence-corrected chi connectivity index (χ2v) is 5.61. The van der Waals surface area contributed by atoms with E-state index < -0.39 is 6.10 Å². The van der Waals surface area contributed by atoms with Crippen molar-refractivity contribution in [1.29, 1.82) is 0 Å². The summed E-state index contributed by atoms with van der Waals surface area (Å²) in [6.45, 7) is 3.84. The van der Waals surface area contributed by atoms with Crippen LogP contribution in [0.2, 0.25) is 0 Å². The van der Waals surface area contributed by atoms with Gasteiger partial charge in [-0.2, -0.15) is 0 Å². The summed E-state index contributed by atoms with van der Waals surface area (Å²) in [5.74, 6) is 1.29. The average molecular weight is 329 g/mol. The third-order valence-corrected chi connectivity index (χ3v) is 3.41. The lowest BCUT2D eigenvalue weighted by atomic mass is 10.3. The van der Waals surface area contributed by atoms with Gasteiger partial charge in [0.1, 0.15) is 12.3 Å². The standard InChI is InChI=1S/C16H19N5O3/c1-10(22)8-17-16-18-12-5-3-4-6-13(12)21(16)9-15(23)19-14-7-11(2)24-20-14/h3-7,10,22H,8-9H2,1-2H3,(H,17,18)(H,19,20,23). The van der Waals surface area contributed by atoms with Crippen molar-refractivity contribution < 1.29 is 14.4 Å². The molecule has 2 aromatic heterocycles. The first-order chi connectivity index (χ1) is 11.5. The summed E-state index contributed by atoms with van der Waals surface area (Å²) in [4.78, 5) is 16.8. The Morgan fingerprint density at radius 3 is 2.92 bits per heavy atom. The van der Waals surface area contributed by atoms with E-state index in [1.54, 1.807) is 24.5 Å². The molecule has 0 radical (unpaired) electrons. The molecular formula is C16H19N5O3. The predicted molar refractivity (Wildman–Crippen MR) is 89.8 cm³/mol. The van der Waals surface area contributed by atoms with Crippen molar-refractivity contribution in [2.24, 2.45) is 0 Å². The van der Waals surface area contributed by atoms with Crippen LogP contribution in [0.25, 0.3) is 11.0 Å². The molecule has 2 heterocycles. The Balaban J connectivity index is 1.83. The first kappa shape index (κ1) is 16.0. The van der Waals surface area contributed by atoms with Crippen molar-refractivity contribution in [1.82, 2.24) is 14.7 Å². The lowest BCUT2D eigenvalue weighted by Crippen LogP contribution is -2.22. The number of aliphatic hydroxyl groups excluding tert-OH is 1. The molecule has 0 saturated carbocycles. The van der Waals surface area contributed by atoms with Crippen LogP contribution < -0.4 is 10.6 Å². The molecule has 1 atom stereocenters. The minimum atomic E-state index is -0.523. The number of fused-ring (bicyclic) bond motifs is 1. The number of carbonyl (C=O) groups is 1.